The lowest BCUT2D eigenvalue weighted by atomic mass is 10.0. The van der Waals surface area contributed by atoms with Crippen molar-refractivity contribution in [3.8, 4) is 0 Å². The Kier molecular flexibility index (Phi) is 6.53. The molecule has 1 aromatic rings. The molecule has 140 valence electrons. The Morgan fingerprint density at radius 3 is 2.60 bits per heavy atom. The molecule has 0 heterocycles. The van der Waals surface area contributed by atoms with E-state index >= 15 is 0 Å². The molecule has 8 heteroatoms. The summed E-state index contributed by atoms with van der Waals surface area (Å²) < 4.78 is 41.1. The van der Waals surface area contributed by atoms with E-state index in [1.807, 2.05) is 0 Å². The molecular formula is C17H26FN3O3S. The van der Waals surface area contributed by atoms with Crippen molar-refractivity contribution in [1.29, 1.82) is 0 Å². The van der Waals surface area contributed by atoms with Crippen molar-refractivity contribution in [2.75, 3.05) is 6.54 Å². The fraction of sp³-hybridized carbons (Fsp3) is 0.588. The molecule has 1 saturated carbocycles. The summed E-state index contributed by atoms with van der Waals surface area (Å²) in [5.74, 6) is -1.34. The number of carbonyl (C=O) groups is 1. The molecule has 4 N–H and O–H groups in total. The first-order chi connectivity index (χ1) is 11.8. The van der Waals surface area contributed by atoms with Crippen LogP contribution >= 0.6 is 0 Å². The predicted molar refractivity (Wildman–Crippen MR) is 93.7 cm³/mol. The molecule has 0 bridgehead atoms. The van der Waals surface area contributed by atoms with Crippen LogP contribution < -0.4 is 15.8 Å². The van der Waals surface area contributed by atoms with E-state index in [0.29, 0.717) is 6.54 Å². The Hall–Kier alpha value is -1.51. The van der Waals surface area contributed by atoms with Crippen molar-refractivity contribution in [3.63, 3.8) is 0 Å². The molecule has 1 aliphatic carbocycles. The van der Waals surface area contributed by atoms with Gasteiger partial charge in [-0.2, -0.15) is 4.72 Å². The molecule has 25 heavy (non-hydrogen) atoms. The molecule has 1 aliphatic rings. The topological polar surface area (TPSA) is 101 Å². The molecule has 0 aliphatic heterocycles. The number of sulfonamides is 1. The number of nitrogens with two attached hydrogens (primary N) is 1. The fourth-order valence-electron chi connectivity index (χ4n) is 3.17. The fourth-order valence-corrected chi connectivity index (χ4v) is 4.59. The van der Waals surface area contributed by atoms with Crippen molar-refractivity contribution in [2.45, 2.75) is 50.1 Å². The second kappa shape index (κ2) is 8.25. The molecule has 0 spiro atoms. The van der Waals surface area contributed by atoms with Gasteiger partial charge in [0, 0.05) is 6.04 Å². The summed E-state index contributed by atoms with van der Waals surface area (Å²) in [6.07, 6.45) is 2.77. The third kappa shape index (κ3) is 4.77. The van der Waals surface area contributed by atoms with E-state index < -0.39 is 32.7 Å². The number of carbonyl (C=O) groups excluding carboxylic acids is 1. The number of halogens is 1. The molecule has 0 aromatic heterocycles. The number of nitrogens with one attached hydrogen (secondary N) is 2. The van der Waals surface area contributed by atoms with Crippen LogP contribution in [0.3, 0.4) is 0 Å². The summed E-state index contributed by atoms with van der Waals surface area (Å²) in [5.41, 5.74) is 5.73. The molecule has 3 atom stereocenters. The lowest BCUT2D eigenvalue weighted by Gasteiger charge is -2.26. The highest BCUT2D eigenvalue weighted by Gasteiger charge is 2.33. The lowest BCUT2D eigenvalue weighted by molar-refractivity contribution is -0.124. The SMILES string of the molecule is CC(C)C(NS(=O)(=O)c1ccccc1F)C(=O)NC1CCCC1CN. The summed E-state index contributed by atoms with van der Waals surface area (Å²) in [4.78, 5) is 12.2. The third-order valence-electron chi connectivity index (χ3n) is 4.65. The van der Waals surface area contributed by atoms with Crippen LogP contribution in [0.4, 0.5) is 4.39 Å². The quantitative estimate of drug-likeness (QED) is 0.674. The zero-order valence-electron chi connectivity index (χ0n) is 14.5. The van der Waals surface area contributed by atoms with Gasteiger partial charge in [-0.15, -0.1) is 0 Å². The summed E-state index contributed by atoms with van der Waals surface area (Å²) in [5, 5.41) is 2.91. The maximum atomic E-state index is 13.8. The second-order valence-electron chi connectivity index (χ2n) is 6.82. The molecule has 6 nitrogen and oxygen atoms in total. The van der Waals surface area contributed by atoms with Gasteiger partial charge in [0.25, 0.3) is 0 Å². The predicted octanol–water partition coefficient (Wildman–Crippen LogP) is 1.37. The van der Waals surface area contributed by atoms with Gasteiger partial charge in [0.15, 0.2) is 0 Å². The summed E-state index contributed by atoms with van der Waals surface area (Å²) in [6, 6.07) is 4.07. The monoisotopic (exact) mass is 371 g/mol. The van der Waals surface area contributed by atoms with E-state index in [9.17, 15) is 17.6 Å². The van der Waals surface area contributed by atoms with Crippen molar-refractivity contribution >= 4 is 15.9 Å². The van der Waals surface area contributed by atoms with Gasteiger partial charge in [-0.3, -0.25) is 4.79 Å². The number of rotatable bonds is 7. The average molecular weight is 371 g/mol. The zero-order chi connectivity index (χ0) is 18.6. The Morgan fingerprint density at radius 1 is 1.32 bits per heavy atom. The Balaban J connectivity index is 2.15. The van der Waals surface area contributed by atoms with Gasteiger partial charge in [-0.25, -0.2) is 12.8 Å². The third-order valence-corrected chi connectivity index (χ3v) is 6.12. The lowest BCUT2D eigenvalue weighted by Crippen LogP contribution is -2.53. The van der Waals surface area contributed by atoms with Crippen LogP contribution in [-0.4, -0.2) is 33.0 Å². The van der Waals surface area contributed by atoms with Crippen LogP contribution in [0.2, 0.25) is 0 Å². The molecule has 1 fully saturated rings. The van der Waals surface area contributed by atoms with E-state index in [-0.39, 0.29) is 17.9 Å². The minimum Gasteiger partial charge on any atom is -0.352 e. The van der Waals surface area contributed by atoms with Gasteiger partial charge < -0.3 is 11.1 Å². The van der Waals surface area contributed by atoms with E-state index in [1.54, 1.807) is 13.8 Å². The van der Waals surface area contributed by atoms with Crippen LogP contribution in [-0.2, 0) is 14.8 Å². The first-order valence-corrected chi connectivity index (χ1v) is 10.0. The normalized spacial score (nSPS) is 22.1. The standard InChI is InChI=1S/C17H26FN3O3S/c1-11(2)16(17(22)20-14-8-5-6-12(14)10-19)21-25(23,24)15-9-4-3-7-13(15)18/h3-4,7,9,11-12,14,16,21H,5-6,8,10,19H2,1-2H3,(H,20,22). The Labute approximate surface area is 148 Å². The molecule has 1 amide bonds. The zero-order valence-corrected chi connectivity index (χ0v) is 15.4. The maximum absolute atomic E-state index is 13.8. The van der Waals surface area contributed by atoms with Crippen LogP contribution in [0, 0.1) is 17.7 Å². The van der Waals surface area contributed by atoms with Crippen molar-refractivity contribution in [2.24, 2.45) is 17.6 Å². The van der Waals surface area contributed by atoms with Crippen LogP contribution in [0.5, 0.6) is 0 Å². The van der Waals surface area contributed by atoms with Crippen LogP contribution in [0.1, 0.15) is 33.1 Å². The van der Waals surface area contributed by atoms with E-state index in [2.05, 4.69) is 10.0 Å². The van der Waals surface area contributed by atoms with Gasteiger partial charge in [0.2, 0.25) is 15.9 Å². The first kappa shape index (κ1) is 19.8. The molecule has 1 aromatic carbocycles. The highest BCUT2D eigenvalue weighted by molar-refractivity contribution is 7.89. The van der Waals surface area contributed by atoms with Gasteiger partial charge in [-0.05, 0) is 43.4 Å². The van der Waals surface area contributed by atoms with Gasteiger partial charge in [0.05, 0.1) is 0 Å². The largest absolute Gasteiger partial charge is 0.352 e. The van der Waals surface area contributed by atoms with Gasteiger partial charge >= 0.3 is 0 Å². The number of hydrogen-bond donors (Lipinski definition) is 3. The first-order valence-electron chi connectivity index (χ1n) is 8.53. The highest BCUT2D eigenvalue weighted by Crippen LogP contribution is 2.25. The number of hydrogen-bond acceptors (Lipinski definition) is 4. The maximum Gasteiger partial charge on any atom is 0.244 e. The second-order valence-corrected chi connectivity index (χ2v) is 8.50. The van der Waals surface area contributed by atoms with Gasteiger partial charge in [-0.1, -0.05) is 32.4 Å². The Bertz CT molecular complexity index is 709. The van der Waals surface area contributed by atoms with Crippen molar-refractivity contribution < 1.29 is 17.6 Å². The highest BCUT2D eigenvalue weighted by atomic mass is 32.2. The van der Waals surface area contributed by atoms with E-state index in [0.717, 1.165) is 25.3 Å². The molecule has 2 rings (SSSR count). The minimum absolute atomic E-state index is 0.0447. The van der Waals surface area contributed by atoms with Crippen molar-refractivity contribution in [3.05, 3.63) is 30.1 Å². The van der Waals surface area contributed by atoms with E-state index in [4.69, 9.17) is 5.73 Å². The summed E-state index contributed by atoms with van der Waals surface area (Å²) >= 11 is 0. The molecular weight excluding hydrogens is 345 g/mol. The summed E-state index contributed by atoms with van der Waals surface area (Å²) in [6.45, 7) is 3.96. The van der Waals surface area contributed by atoms with Crippen molar-refractivity contribution in [1.82, 2.24) is 10.0 Å². The summed E-state index contributed by atoms with van der Waals surface area (Å²) in [7, 11) is -4.14. The average Bonchev–Trinajstić information content (AvgIpc) is 2.99. The number of benzene rings is 1. The van der Waals surface area contributed by atoms with Gasteiger partial charge in [0.1, 0.15) is 16.8 Å². The van der Waals surface area contributed by atoms with Crippen LogP contribution in [0.25, 0.3) is 0 Å². The number of amides is 1. The Morgan fingerprint density at radius 2 is 2.00 bits per heavy atom. The molecule has 0 saturated heterocycles. The molecule has 3 unspecified atom stereocenters. The van der Waals surface area contributed by atoms with Crippen LogP contribution in [0.15, 0.2) is 29.2 Å². The smallest absolute Gasteiger partial charge is 0.244 e. The molecule has 0 radical (unpaired) electrons. The van der Waals surface area contributed by atoms with E-state index in [1.165, 1.54) is 18.2 Å². The minimum atomic E-state index is -4.14.